The molecule has 5 nitrogen and oxygen atoms in total. The second-order valence-electron chi connectivity index (χ2n) is 7.58. The highest BCUT2D eigenvalue weighted by molar-refractivity contribution is 5.94. The molecule has 1 aliphatic rings. The monoisotopic (exact) mass is 395 g/mol. The first-order valence-electron chi connectivity index (χ1n) is 10.7. The molecule has 2 aromatic carbocycles. The zero-order valence-electron chi connectivity index (χ0n) is 17.7. The van der Waals surface area contributed by atoms with Gasteiger partial charge in [0, 0.05) is 44.0 Å². The molecule has 3 rings (SSSR count). The number of amides is 1. The Bertz CT molecular complexity index is 751. The molecule has 1 heterocycles. The molecule has 1 saturated heterocycles. The zero-order valence-corrected chi connectivity index (χ0v) is 17.7. The first-order chi connectivity index (χ1) is 14.2. The van der Waals surface area contributed by atoms with Crippen molar-refractivity contribution in [2.75, 3.05) is 51.3 Å². The highest BCUT2D eigenvalue weighted by atomic mass is 16.5. The Morgan fingerprint density at radius 2 is 1.69 bits per heavy atom. The van der Waals surface area contributed by atoms with Gasteiger partial charge in [0.25, 0.3) is 5.91 Å². The number of methoxy groups -OCH3 is 1. The largest absolute Gasteiger partial charge is 0.497 e. The number of piperazine rings is 1. The van der Waals surface area contributed by atoms with Gasteiger partial charge in [0.05, 0.1) is 7.11 Å². The number of benzene rings is 2. The van der Waals surface area contributed by atoms with E-state index >= 15 is 0 Å². The van der Waals surface area contributed by atoms with Gasteiger partial charge in [-0.25, -0.2) is 0 Å². The summed E-state index contributed by atoms with van der Waals surface area (Å²) < 4.78 is 5.23. The third-order valence-corrected chi connectivity index (χ3v) is 5.50. The van der Waals surface area contributed by atoms with E-state index in [2.05, 4.69) is 46.3 Å². The Balaban J connectivity index is 1.33. The Morgan fingerprint density at radius 1 is 1.00 bits per heavy atom. The van der Waals surface area contributed by atoms with Gasteiger partial charge < -0.3 is 15.0 Å². The summed E-state index contributed by atoms with van der Waals surface area (Å²) in [5.74, 6) is 0.920. The van der Waals surface area contributed by atoms with Crippen LogP contribution in [0.1, 0.15) is 35.7 Å². The number of nitrogens with one attached hydrogen (secondary N) is 1. The summed E-state index contributed by atoms with van der Waals surface area (Å²) in [6.07, 6.45) is 3.16. The first kappa shape index (κ1) is 21.2. The number of rotatable bonds is 9. The van der Waals surface area contributed by atoms with Crippen molar-refractivity contribution in [3.05, 3.63) is 59.7 Å². The number of carbonyl (C=O) groups is 1. The van der Waals surface area contributed by atoms with Crippen LogP contribution in [-0.2, 0) is 6.42 Å². The molecule has 0 bridgehead atoms. The Morgan fingerprint density at radius 3 is 2.31 bits per heavy atom. The van der Waals surface area contributed by atoms with Crippen LogP contribution in [-0.4, -0.2) is 57.2 Å². The topological polar surface area (TPSA) is 44.8 Å². The van der Waals surface area contributed by atoms with E-state index in [0.717, 1.165) is 63.3 Å². The lowest BCUT2D eigenvalue weighted by Crippen LogP contribution is -2.47. The average molecular weight is 396 g/mol. The SMILES string of the molecule is CCCc1ccc(C(=O)NCCCN2CCN(c3ccc(OC)cc3)CC2)cc1. The highest BCUT2D eigenvalue weighted by Crippen LogP contribution is 2.20. The Hall–Kier alpha value is -2.53. The van der Waals surface area contributed by atoms with Crippen molar-refractivity contribution in [3.63, 3.8) is 0 Å². The lowest BCUT2D eigenvalue weighted by Gasteiger charge is -2.36. The lowest BCUT2D eigenvalue weighted by molar-refractivity contribution is 0.0951. The van der Waals surface area contributed by atoms with Gasteiger partial charge in [-0.3, -0.25) is 9.69 Å². The number of anilines is 1. The molecule has 0 aliphatic carbocycles. The van der Waals surface area contributed by atoms with Crippen molar-refractivity contribution < 1.29 is 9.53 Å². The molecule has 2 aromatic rings. The number of aryl methyl sites for hydroxylation is 1. The molecule has 0 aromatic heterocycles. The molecule has 0 unspecified atom stereocenters. The fourth-order valence-corrected chi connectivity index (χ4v) is 3.74. The summed E-state index contributed by atoms with van der Waals surface area (Å²) in [6, 6.07) is 16.2. The van der Waals surface area contributed by atoms with E-state index in [-0.39, 0.29) is 5.91 Å². The molecule has 1 aliphatic heterocycles. The maximum atomic E-state index is 12.3. The van der Waals surface area contributed by atoms with Gasteiger partial charge in [-0.05, 0) is 61.3 Å². The van der Waals surface area contributed by atoms with Crippen LogP contribution >= 0.6 is 0 Å². The van der Waals surface area contributed by atoms with Crippen molar-refractivity contribution in [1.82, 2.24) is 10.2 Å². The second kappa shape index (κ2) is 10.9. The number of hydrogen-bond donors (Lipinski definition) is 1. The lowest BCUT2D eigenvalue weighted by atomic mass is 10.1. The summed E-state index contributed by atoms with van der Waals surface area (Å²) in [5, 5.41) is 3.05. The highest BCUT2D eigenvalue weighted by Gasteiger charge is 2.17. The minimum atomic E-state index is 0.0253. The first-order valence-corrected chi connectivity index (χ1v) is 10.7. The van der Waals surface area contributed by atoms with Crippen LogP contribution in [0.2, 0.25) is 0 Å². The minimum absolute atomic E-state index is 0.0253. The summed E-state index contributed by atoms with van der Waals surface area (Å²) >= 11 is 0. The number of ether oxygens (including phenoxy) is 1. The fourth-order valence-electron chi connectivity index (χ4n) is 3.74. The molecule has 0 atom stereocenters. The van der Waals surface area contributed by atoms with Crippen molar-refractivity contribution in [1.29, 1.82) is 0 Å². The van der Waals surface area contributed by atoms with E-state index in [1.54, 1.807) is 7.11 Å². The van der Waals surface area contributed by atoms with Gasteiger partial charge in [-0.1, -0.05) is 25.5 Å². The normalized spacial score (nSPS) is 14.6. The Kier molecular flexibility index (Phi) is 7.94. The molecule has 29 heavy (non-hydrogen) atoms. The van der Waals surface area contributed by atoms with E-state index in [4.69, 9.17) is 4.74 Å². The molecule has 0 spiro atoms. The second-order valence-corrected chi connectivity index (χ2v) is 7.58. The predicted molar refractivity (Wildman–Crippen MR) is 119 cm³/mol. The molecule has 5 heteroatoms. The van der Waals surface area contributed by atoms with Crippen LogP contribution in [0.25, 0.3) is 0 Å². The summed E-state index contributed by atoms with van der Waals surface area (Å²) in [7, 11) is 1.69. The van der Waals surface area contributed by atoms with Crippen LogP contribution in [0.15, 0.2) is 48.5 Å². The van der Waals surface area contributed by atoms with Gasteiger partial charge in [0.1, 0.15) is 5.75 Å². The quantitative estimate of drug-likeness (QED) is 0.659. The maximum Gasteiger partial charge on any atom is 0.251 e. The Labute approximate surface area is 174 Å². The summed E-state index contributed by atoms with van der Waals surface area (Å²) in [4.78, 5) is 17.2. The smallest absolute Gasteiger partial charge is 0.251 e. The summed E-state index contributed by atoms with van der Waals surface area (Å²) in [5.41, 5.74) is 3.29. The van der Waals surface area contributed by atoms with Crippen molar-refractivity contribution >= 4 is 11.6 Å². The molecule has 0 radical (unpaired) electrons. The predicted octanol–water partition coefficient (Wildman–Crippen LogP) is 3.59. The van der Waals surface area contributed by atoms with Crippen LogP contribution in [0.4, 0.5) is 5.69 Å². The number of hydrogen-bond acceptors (Lipinski definition) is 4. The third kappa shape index (κ3) is 6.23. The number of nitrogens with zero attached hydrogens (tertiary/aromatic N) is 2. The van der Waals surface area contributed by atoms with Crippen molar-refractivity contribution in [2.45, 2.75) is 26.2 Å². The van der Waals surface area contributed by atoms with Gasteiger partial charge in [0.15, 0.2) is 0 Å². The van der Waals surface area contributed by atoms with E-state index in [1.807, 2.05) is 24.3 Å². The van der Waals surface area contributed by atoms with E-state index in [9.17, 15) is 4.79 Å². The van der Waals surface area contributed by atoms with Crippen molar-refractivity contribution in [3.8, 4) is 5.75 Å². The third-order valence-electron chi connectivity index (χ3n) is 5.50. The van der Waals surface area contributed by atoms with Gasteiger partial charge in [-0.15, -0.1) is 0 Å². The van der Waals surface area contributed by atoms with Crippen LogP contribution in [0.5, 0.6) is 5.75 Å². The van der Waals surface area contributed by atoms with E-state index in [1.165, 1.54) is 11.3 Å². The standard InChI is InChI=1S/C24H33N3O2/c1-3-5-20-6-8-21(9-7-20)24(28)25-14-4-15-26-16-18-27(19-17-26)22-10-12-23(29-2)13-11-22/h6-13H,3-5,14-19H2,1-2H3,(H,25,28). The van der Waals surface area contributed by atoms with Gasteiger partial charge in [-0.2, -0.15) is 0 Å². The van der Waals surface area contributed by atoms with Crippen LogP contribution in [0.3, 0.4) is 0 Å². The number of carbonyl (C=O) groups excluding carboxylic acids is 1. The molecular weight excluding hydrogens is 362 g/mol. The van der Waals surface area contributed by atoms with Gasteiger partial charge in [0.2, 0.25) is 0 Å². The molecule has 156 valence electrons. The molecule has 1 fully saturated rings. The zero-order chi connectivity index (χ0) is 20.5. The van der Waals surface area contributed by atoms with E-state index in [0.29, 0.717) is 6.54 Å². The van der Waals surface area contributed by atoms with Crippen LogP contribution < -0.4 is 15.0 Å². The minimum Gasteiger partial charge on any atom is -0.497 e. The average Bonchev–Trinajstić information content (AvgIpc) is 2.78. The summed E-state index contributed by atoms with van der Waals surface area (Å²) in [6.45, 7) is 8.07. The molecule has 1 N–H and O–H groups in total. The molecule has 1 amide bonds. The van der Waals surface area contributed by atoms with E-state index < -0.39 is 0 Å². The molecule has 0 saturated carbocycles. The van der Waals surface area contributed by atoms with Crippen molar-refractivity contribution in [2.24, 2.45) is 0 Å². The maximum absolute atomic E-state index is 12.3. The van der Waals surface area contributed by atoms with Gasteiger partial charge >= 0.3 is 0 Å². The fraction of sp³-hybridized carbons (Fsp3) is 0.458. The van der Waals surface area contributed by atoms with Crippen LogP contribution in [0, 0.1) is 0 Å². The molecular formula is C24H33N3O2.